The molecule has 2 aromatic heterocycles. The Morgan fingerprint density at radius 1 is 1.50 bits per heavy atom. The lowest BCUT2D eigenvalue weighted by molar-refractivity contribution is -0.0367. The minimum Gasteiger partial charge on any atom is -0.356 e. The summed E-state index contributed by atoms with van der Waals surface area (Å²) in [7, 11) is 0. The van der Waals surface area contributed by atoms with Crippen LogP contribution >= 0.6 is 15.9 Å². The topological polar surface area (TPSA) is 57.0 Å². The number of ether oxygens (including phenoxy) is 1. The molecule has 1 aliphatic rings. The molecule has 0 saturated carbocycles. The number of hydrogen-bond acceptors (Lipinski definition) is 4. The Kier molecular flexibility index (Phi) is 3.13. The van der Waals surface area contributed by atoms with E-state index in [0.717, 1.165) is 43.1 Å². The molecule has 0 aliphatic carbocycles. The van der Waals surface area contributed by atoms with Gasteiger partial charge in [0.05, 0.1) is 11.7 Å². The molecule has 94 valence electrons. The molecule has 0 bridgehead atoms. The van der Waals surface area contributed by atoms with Gasteiger partial charge in [-0.05, 0) is 41.3 Å². The van der Waals surface area contributed by atoms with E-state index in [2.05, 4.69) is 26.0 Å². The maximum absolute atomic E-state index is 11.1. The molecule has 3 heterocycles. The molecule has 0 aromatic carbocycles. The van der Waals surface area contributed by atoms with Crippen LogP contribution in [0.5, 0.6) is 0 Å². The molecular formula is C12H12BrN3O2. The summed E-state index contributed by atoms with van der Waals surface area (Å²) in [4.78, 5) is 15.3. The lowest BCUT2D eigenvalue weighted by atomic mass is 10.2. The Morgan fingerprint density at radius 2 is 2.39 bits per heavy atom. The maximum atomic E-state index is 11.1. The Labute approximate surface area is 112 Å². The van der Waals surface area contributed by atoms with E-state index in [9.17, 15) is 4.79 Å². The van der Waals surface area contributed by atoms with Crippen LogP contribution in [0.4, 0.5) is 0 Å². The van der Waals surface area contributed by atoms with Crippen LogP contribution in [0.2, 0.25) is 0 Å². The van der Waals surface area contributed by atoms with Crippen molar-refractivity contribution in [2.75, 3.05) is 6.61 Å². The molecule has 0 amide bonds. The van der Waals surface area contributed by atoms with Gasteiger partial charge in [0.1, 0.15) is 10.3 Å². The molecular weight excluding hydrogens is 298 g/mol. The molecule has 0 unspecified atom stereocenters. The highest BCUT2D eigenvalue weighted by molar-refractivity contribution is 9.10. The molecule has 2 aromatic rings. The molecule has 3 rings (SSSR count). The van der Waals surface area contributed by atoms with Gasteiger partial charge >= 0.3 is 0 Å². The number of fused-ring (bicyclic) bond motifs is 1. The van der Waals surface area contributed by atoms with Crippen LogP contribution in [0, 0.1) is 0 Å². The summed E-state index contributed by atoms with van der Waals surface area (Å²) in [6.07, 6.45) is 5.53. The van der Waals surface area contributed by atoms with Crippen molar-refractivity contribution in [1.29, 1.82) is 0 Å². The van der Waals surface area contributed by atoms with Crippen LogP contribution < -0.4 is 0 Å². The fraction of sp³-hybridized carbons (Fsp3) is 0.417. The van der Waals surface area contributed by atoms with Crippen LogP contribution in [0.3, 0.4) is 0 Å². The predicted octanol–water partition coefficient (Wildman–Crippen LogP) is 2.71. The van der Waals surface area contributed by atoms with Crippen molar-refractivity contribution in [2.45, 2.75) is 25.5 Å². The minimum atomic E-state index is -0.0853. The van der Waals surface area contributed by atoms with Crippen molar-refractivity contribution in [3.8, 4) is 0 Å². The van der Waals surface area contributed by atoms with E-state index in [-0.39, 0.29) is 6.23 Å². The van der Waals surface area contributed by atoms with E-state index in [1.807, 2.05) is 6.07 Å². The summed E-state index contributed by atoms with van der Waals surface area (Å²) in [6, 6.07) is 1.81. The van der Waals surface area contributed by atoms with Gasteiger partial charge in [0.15, 0.2) is 12.5 Å². The van der Waals surface area contributed by atoms with Gasteiger partial charge in [-0.15, -0.1) is 0 Å². The van der Waals surface area contributed by atoms with Crippen molar-refractivity contribution in [3.05, 3.63) is 22.6 Å². The first-order valence-corrected chi connectivity index (χ1v) is 6.69. The first kappa shape index (κ1) is 11.8. The van der Waals surface area contributed by atoms with Gasteiger partial charge in [-0.1, -0.05) is 0 Å². The van der Waals surface area contributed by atoms with Gasteiger partial charge in [-0.3, -0.25) is 4.79 Å². The number of carbonyl (C=O) groups excluding carboxylic acids is 1. The average Bonchev–Trinajstić information content (AvgIpc) is 2.77. The number of carbonyl (C=O) groups is 1. The number of rotatable bonds is 2. The second-order valence-corrected chi connectivity index (χ2v) is 5.11. The molecule has 6 heteroatoms. The predicted molar refractivity (Wildman–Crippen MR) is 69.5 cm³/mol. The lowest BCUT2D eigenvalue weighted by Crippen LogP contribution is -2.19. The molecule has 1 saturated heterocycles. The zero-order valence-corrected chi connectivity index (χ0v) is 11.3. The van der Waals surface area contributed by atoms with Gasteiger partial charge in [0, 0.05) is 12.0 Å². The van der Waals surface area contributed by atoms with Crippen LogP contribution in [0.25, 0.3) is 10.9 Å². The average molecular weight is 310 g/mol. The highest BCUT2D eigenvalue weighted by Gasteiger charge is 2.21. The zero-order valence-electron chi connectivity index (χ0n) is 9.67. The molecule has 0 spiro atoms. The number of pyridine rings is 1. The van der Waals surface area contributed by atoms with E-state index in [0.29, 0.717) is 10.3 Å². The number of hydrogen-bond donors (Lipinski definition) is 0. The first-order valence-electron chi connectivity index (χ1n) is 5.90. The zero-order chi connectivity index (χ0) is 12.5. The molecule has 18 heavy (non-hydrogen) atoms. The van der Waals surface area contributed by atoms with E-state index in [4.69, 9.17) is 4.74 Å². The summed E-state index contributed by atoms with van der Waals surface area (Å²) in [5.74, 6) is 0. The summed E-state index contributed by atoms with van der Waals surface area (Å²) in [5.41, 5.74) is 1.27. The van der Waals surface area contributed by atoms with Crippen molar-refractivity contribution in [1.82, 2.24) is 14.8 Å². The fourth-order valence-electron chi connectivity index (χ4n) is 2.26. The Morgan fingerprint density at radius 3 is 3.11 bits per heavy atom. The third-order valence-electron chi connectivity index (χ3n) is 3.13. The molecule has 1 aliphatic heterocycles. The smallest absolute Gasteiger partial charge is 0.170 e. The molecule has 0 N–H and O–H groups in total. The number of aldehydes is 1. The van der Waals surface area contributed by atoms with Crippen molar-refractivity contribution in [3.63, 3.8) is 0 Å². The van der Waals surface area contributed by atoms with Gasteiger partial charge in [0.25, 0.3) is 0 Å². The second kappa shape index (κ2) is 4.78. The summed E-state index contributed by atoms with van der Waals surface area (Å²) in [6.45, 7) is 0.742. The van der Waals surface area contributed by atoms with E-state index in [1.54, 1.807) is 10.9 Å². The fourth-order valence-corrected chi connectivity index (χ4v) is 2.59. The number of aromatic nitrogens is 3. The van der Waals surface area contributed by atoms with E-state index >= 15 is 0 Å². The highest BCUT2D eigenvalue weighted by atomic mass is 79.9. The Balaban J connectivity index is 2.13. The molecule has 1 atom stereocenters. The van der Waals surface area contributed by atoms with Gasteiger partial charge < -0.3 is 4.74 Å². The monoisotopic (exact) mass is 309 g/mol. The van der Waals surface area contributed by atoms with Crippen LogP contribution in [0.15, 0.2) is 16.9 Å². The van der Waals surface area contributed by atoms with Crippen LogP contribution in [-0.2, 0) is 4.74 Å². The maximum Gasteiger partial charge on any atom is 0.170 e. The summed E-state index contributed by atoms with van der Waals surface area (Å²) in [5, 5.41) is 5.14. The Bertz CT molecular complexity index is 590. The molecule has 0 radical (unpaired) electrons. The van der Waals surface area contributed by atoms with E-state index < -0.39 is 0 Å². The first-order chi connectivity index (χ1) is 8.79. The van der Waals surface area contributed by atoms with Crippen molar-refractivity contribution < 1.29 is 9.53 Å². The van der Waals surface area contributed by atoms with Crippen LogP contribution in [0.1, 0.15) is 36.0 Å². The third kappa shape index (κ3) is 1.95. The third-order valence-corrected chi connectivity index (χ3v) is 3.56. The van der Waals surface area contributed by atoms with Gasteiger partial charge in [-0.2, -0.15) is 5.10 Å². The highest BCUT2D eigenvalue weighted by Crippen LogP contribution is 2.28. The normalized spacial score (nSPS) is 20.2. The quantitative estimate of drug-likeness (QED) is 0.632. The van der Waals surface area contributed by atoms with Crippen molar-refractivity contribution >= 4 is 33.1 Å². The second-order valence-electron chi connectivity index (χ2n) is 4.29. The largest absolute Gasteiger partial charge is 0.356 e. The van der Waals surface area contributed by atoms with Gasteiger partial charge in [0.2, 0.25) is 0 Å². The van der Waals surface area contributed by atoms with Gasteiger partial charge in [-0.25, -0.2) is 9.67 Å². The number of halogens is 1. The molecule has 5 nitrogen and oxygen atoms in total. The number of nitrogens with zero attached hydrogens (tertiary/aromatic N) is 3. The minimum absolute atomic E-state index is 0.0853. The SMILES string of the molecule is O=Cc1nn([C@@H]2CCCCO2)c2cnc(Br)cc12. The Hall–Kier alpha value is -1.27. The van der Waals surface area contributed by atoms with Crippen LogP contribution in [-0.4, -0.2) is 27.7 Å². The summed E-state index contributed by atoms with van der Waals surface area (Å²) < 4.78 is 8.18. The standard InChI is InChI=1S/C12H12BrN3O2/c13-11-5-8-9(7-17)15-16(10(8)6-14-11)12-3-1-2-4-18-12/h5-7,12H,1-4H2/t12-/m0/s1. The lowest BCUT2D eigenvalue weighted by Gasteiger charge is -2.23. The van der Waals surface area contributed by atoms with E-state index in [1.165, 1.54) is 0 Å². The molecule has 1 fully saturated rings. The summed E-state index contributed by atoms with van der Waals surface area (Å²) >= 11 is 3.31. The van der Waals surface area contributed by atoms with Crippen molar-refractivity contribution in [2.24, 2.45) is 0 Å².